The van der Waals surface area contributed by atoms with Crippen molar-refractivity contribution in [3.63, 3.8) is 0 Å². The highest BCUT2D eigenvalue weighted by atomic mass is 14.8. The van der Waals surface area contributed by atoms with Crippen molar-refractivity contribution < 1.29 is 0 Å². The van der Waals surface area contributed by atoms with Crippen molar-refractivity contribution in [3.05, 3.63) is 71.4 Å². The van der Waals surface area contributed by atoms with Crippen LogP contribution in [-0.4, -0.2) is 4.98 Å². The van der Waals surface area contributed by atoms with E-state index < -0.39 is 0 Å². The van der Waals surface area contributed by atoms with Crippen LogP contribution in [0.15, 0.2) is 54.7 Å². The molecule has 0 aliphatic rings. The van der Waals surface area contributed by atoms with Crippen LogP contribution in [-0.2, 0) is 19.5 Å². The van der Waals surface area contributed by atoms with Crippen LogP contribution in [0, 0.1) is 0 Å². The standard InChI is InChI=1S/C18H20N2/c1-2-15-5-3-4-6-17(15)13-19-12-14-7-8-16-9-10-20-18(16)11-14/h3-11,19-20H,2,12-13H2,1H3. The average Bonchev–Trinajstić information content (AvgIpc) is 2.95. The summed E-state index contributed by atoms with van der Waals surface area (Å²) in [6.45, 7) is 4.03. The van der Waals surface area contributed by atoms with Gasteiger partial charge in [-0.3, -0.25) is 0 Å². The highest BCUT2D eigenvalue weighted by molar-refractivity contribution is 5.79. The van der Waals surface area contributed by atoms with E-state index in [0.717, 1.165) is 19.5 Å². The monoisotopic (exact) mass is 264 g/mol. The van der Waals surface area contributed by atoms with E-state index in [1.54, 1.807) is 0 Å². The van der Waals surface area contributed by atoms with Gasteiger partial charge in [0, 0.05) is 24.8 Å². The molecule has 0 saturated heterocycles. The first kappa shape index (κ1) is 12.9. The summed E-state index contributed by atoms with van der Waals surface area (Å²) in [4.78, 5) is 3.26. The highest BCUT2D eigenvalue weighted by Gasteiger charge is 2.00. The van der Waals surface area contributed by atoms with E-state index >= 15 is 0 Å². The van der Waals surface area contributed by atoms with Gasteiger partial charge in [-0.25, -0.2) is 0 Å². The molecule has 0 aliphatic heterocycles. The van der Waals surface area contributed by atoms with Crippen molar-refractivity contribution in [1.29, 1.82) is 0 Å². The van der Waals surface area contributed by atoms with Crippen LogP contribution in [0.3, 0.4) is 0 Å². The average molecular weight is 264 g/mol. The van der Waals surface area contributed by atoms with E-state index in [0.29, 0.717) is 0 Å². The van der Waals surface area contributed by atoms with Crippen molar-refractivity contribution in [2.24, 2.45) is 0 Å². The van der Waals surface area contributed by atoms with Gasteiger partial charge < -0.3 is 10.3 Å². The predicted molar refractivity (Wildman–Crippen MR) is 84.7 cm³/mol. The van der Waals surface area contributed by atoms with Crippen molar-refractivity contribution in [2.75, 3.05) is 0 Å². The highest BCUT2D eigenvalue weighted by Crippen LogP contribution is 2.14. The molecule has 0 radical (unpaired) electrons. The maximum atomic E-state index is 3.54. The molecule has 0 bridgehead atoms. The van der Waals surface area contributed by atoms with E-state index in [1.165, 1.54) is 27.6 Å². The minimum atomic E-state index is 0.896. The lowest BCUT2D eigenvalue weighted by Gasteiger charge is -2.09. The molecular weight excluding hydrogens is 244 g/mol. The lowest BCUT2D eigenvalue weighted by molar-refractivity contribution is 0.689. The second kappa shape index (κ2) is 5.93. The second-order valence-corrected chi connectivity index (χ2v) is 5.13. The second-order valence-electron chi connectivity index (χ2n) is 5.13. The molecule has 2 aromatic carbocycles. The van der Waals surface area contributed by atoms with Gasteiger partial charge in [-0.2, -0.15) is 0 Å². The van der Waals surface area contributed by atoms with Crippen LogP contribution in [0.1, 0.15) is 23.6 Å². The van der Waals surface area contributed by atoms with Gasteiger partial charge >= 0.3 is 0 Å². The molecule has 3 aromatic rings. The predicted octanol–water partition coefficient (Wildman–Crippen LogP) is 4.02. The number of fused-ring (bicyclic) bond motifs is 1. The molecule has 0 amide bonds. The maximum Gasteiger partial charge on any atom is 0.0457 e. The zero-order valence-corrected chi connectivity index (χ0v) is 11.8. The van der Waals surface area contributed by atoms with Crippen molar-refractivity contribution >= 4 is 10.9 Å². The van der Waals surface area contributed by atoms with Gasteiger partial charge in [-0.15, -0.1) is 0 Å². The Morgan fingerprint density at radius 2 is 1.80 bits per heavy atom. The van der Waals surface area contributed by atoms with Crippen molar-refractivity contribution in [1.82, 2.24) is 10.3 Å². The minimum absolute atomic E-state index is 0.896. The molecule has 20 heavy (non-hydrogen) atoms. The lowest BCUT2D eigenvalue weighted by atomic mass is 10.1. The number of benzene rings is 2. The number of hydrogen-bond acceptors (Lipinski definition) is 1. The number of nitrogens with one attached hydrogen (secondary N) is 2. The molecule has 0 unspecified atom stereocenters. The Kier molecular flexibility index (Phi) is 3.84. The normalized spacial score (nSPS) is 11.1. The van der Waals surface area contributed by atoms with Gasteiger partial charge in [-0.05, 0) is 40.6 Å². The van der Waals surface area contributed by atoms with Crippen LogP contribution in [0.5, 0.6) is 0 Å². The number of aromatic amines is 1. The van der Waals surface area contributed by atoms with Crippen molar-refractivity contribution in [3.8, 4) is 0 Å². The van der Waals surface area contributed by atoms with Gasteiger partial charge in [0.05, 0.1) is 0 Å². The molecular formula is C18H20N2. The van der Waals surface area contributed by atoms with E-state index in [2.05, 4.69) is 65.8 Å². The first-order valence-corrected chi connectivity index (χ1v) is 7.20. The first-order chi connectivity index (χ1) is 9.86. The van der Waals surface area contributed by atoms with E-state index in [9.17, 15) is 0 Å². The molecule has 2 N–H and O–H groups in total. The molecule has 0 fully saturated rings. The van der Waals surface area contributed by atoms with E-state index in [-0.39, 0.29) is 0 Å². The molecule has 0 aliphatic carbocycles. The quantitative estimate of drug-likeness (QED) is 0.715. The zero-order valence-electron chi connectivity index (χ0n) is 11.8. The number of aryl methyl sites for hydroxylation is 1. The number of hydrogen-bond donors (Lipinski definition) is 2. The number of H-pyrrole nitrogens is 1. The summed E-state index contributed by atoms with van der Waals surface area (Å²) < 4.78 is 0. The van der Waals surface area contributed by atoms with Crippen LogP contribution < -0.4 is 5.32 Å². The van der Waals surface area contributed by atoms with Gasteiger partial charge in [0.2, 0.25) is 0 Å². The number of aromatic nitrogens is 1. The summed E-state index contributed by atoms with van der Waals surface area (Å²) in [5.41, 5.74) is 5.35. The lowest BCUT2D eigenvalue weighted by Crippen LogP contribution is -2.13. The van der Waals surface area contributed by atoms with Crippen LogP contribution in [0.4, 0.5) is 0 Å². The molecule has 3 rings (SSSR count). The van der Waals surface area contributed by atoms with Crippen molar-refractivity contribution in [2.45, 2.75) is 26.4 Å². The zero-order chi connectivity index (χ0) is 13.8. The van der Waals surface area contributed by atoms with Gasteiger partial charge in [0.25, 0.3) is 0 Å². The molecule has 2 nitrogen and oxygen atoms in total. The molecule has 0 atom stereocenters. The Hall–Kier alpha value is -2.06. The van der Waals surface area contributed by atoms with Gasteiger partial charge in [0.1, 0.15) is 0 Å². The summed E-state index contributed by atoms with van der Waals surface area (Å²) in [6, 6.07) is 17.3. The molecule has 0 saturated carbocycles. The largest absolute Gasteiger partial charge is 0.361 e. The third kappa shape index (κ3) is 2.75. The summed E-state index contributed by atoms with van der Waals surface area (Å²) in [5.74, 6) is 0. The SMILES string of the molecule is CCc1ccccc1CNCc1ccc2cc[nH]c2c1. The molecule has 0 spiro atoms. The summed E-state index contributed by atoms with van der Waals surface area (Å²) >= 11 is 0. The topological polar surface area (TPSA) is 27.8 Å². The molecule has 1 aromatic heterocycles. The Morgan fingerprint density at radius 3 is 2.65 bits per heavy atom. The Morgan fingerprint density at radius 1 is 0.950 bits per heavy atom. The minimum Gasteiger partial charge on any atom is -0.361 e. The first-order valence-electron chi connectivity index (χ1n) is 7.20. The molecule has 102 valence electrons. The maximum absolute atomic E-state index is 3.54. The Balaban J connectivity index is 1.64. The van der Waals surface area contributed by atoms with E-state index in [1.807, 2.05) is 6.20 Å². The van der Waals surface area contributed by atoms with Gasteiger partial charge in [0.15, 0.2) is 0 Å². The fourth-order valence-electron chi connectivity index (χ4n) is 2.62. The fraction of sp³-hybridized carbons (Fsp3) is 0.222. The molecule has 2 heteroatoms. The van der Waals surface area contributed by atoms with Gasteiger partial charge in [-0.1, -0.05) is 43.3 Å². The van der Waals surface area contributed by atoms with Crippen LogP contribution >= 0.6 is 0 Å². The van der Waals surface area contributed by atoms with Crippen LogP contribution in [0.25, 0.3) is 10.9 Å². The smallest absolute Gasteiger partial charge is 0.0457 e. The van der Waals surface area contributed by atoms with E-state index in [4.69, 9.17) is 0 Å². The third-order valence-corrected chi connectivity index (χ3v) is 3.76. The Bertz CT molecular complexity index is 697. The summed E-state index contributed by atoms with van der Waals surface area (Å²) in [5, 5.41) is 4.80. The third-order valence-electron chi connectivity index (χ3n) is 3.76. The summed E-state index contributed by atoms with van der Waals surface area (Å²) in [7, 11) is 0. The van der Waals surface area contributed by atoms with Crippen LogP contribution in [0.2, 0.25) is 0 Å². The summed E-state index contributed by atoms with van der Waals surface area (Å²) in [6.07, 6.45) is 3.08. The fourth-order valence-corrected chi connectivity index (χ4v) is 2.62. The molecule has 1 heterocycles. The number of rotatable bonds is 5. The Labute approximate surface area is 119 Å².